The Morgan fingerprint density at radius 3 is 2.19 bits per heavy atom. The fourth-order valence-corrected chi connectivity index (χ4v) is 3.15. The summed E-state index contributed by atoms with van der Waals surface area (Å²) < 4.78 is 0. The maximum atomic E-state index is 12.8. The van der Waals surface area contributed by atoms with Crippen LogP contribution in [0.3, 0.4) is 0 Å². The number of nitrogens with zero attached hydrogens (tertiary/aromatic N) is 2. The smallest absolute Gasteiger partial charge is 0.182 e. The monoisotopic (exact) mass is 454 g/mol. The topological polar surface area (TPSA) is 32.7 Å². The number of carbonyl (C=O) groups is 1. The third kappa shape index (κ3) is 5.57. The highest BCUT2D eigenvalue weighted by Gasteiger charge is 2.19. The summed E-state index contributed by atoms with van der Waals surface area (Å²) in [5, 5.41) is 1.30. The molecule has 0 N–H and O–H groups in total. The first kappa shape index (κ1) is 20.9. The zero-order valence-electron chi connectivity index (χ0n) is 14.3. The zero-order valence-corrected chi connectivity index (χ0v) is 17.6. The van der Waals surface area contributed by atoms with Crippen molar-refractivity contribution in [1.82, 2.24) is 0 Å². The minimum absolute atomic E-state index is 0. The van der Waals surface area contributed by atoms with Crippen LogP contribution in [0.25, 0.3) is 0 Å². The molecule has 0 unspecified atom stereocenters. The van der Waals surface area contributed by atoms with E-state index < -0.39 is 0 Å². The van der Waals surface area contributed by atoms with Crippen molar-refractivity contribution >= 4 is 57.5 Å². The van der Waals surface area contributed by atoms with Crippen LogP contribution in [-0.2, 0) is 0 Å². The van der Waals surface area contributed by atoms with E-state index in [0.717, 1.165) is 37.3 Å². The molecular formula is C20H21BrCl2N2O. The third-order valence-electron chi connectivity index (χ3n) is 4.27. The van der Waals surface area contributed by atoms with Gasteiger partial charge in [0.25, 0.3) is 0 Å². The van der Waals surface area contributed by atoms with Gasteiger partial charge < -0.3 is 4.90 Å². The number of rotatable bonds is 4. The van der Waals surface area contributed by atoms with Gasteiger partial charge in [-0.2, -0.15) is 0 Å². The van der Waals surface area contributed by atoms with Gasteiger partial charge in [-0.3, -0.25) is 9.79 Å². The SMILES string of the molecule is Br.O=C(CN(C1=NCCCCC1)c1ccc(Cl)cc1)c1ccc(Cl)cc1. The van der Waals surface area contributed by atoms with Crippen molar-refractivity contribution in [3.63, 3.8) is 0 Å². The molecule has 138 valence electrons. The van der Waals surface area contributed by atoms with Crippen LogP contribution in [-0.4, -0.2) is 24.7 Å². The van der Waals surface area contributed by atoms with Gasteiger partial charge in [-0.25, -0.2) is 0 Å². The van der Waals surface area contributed by atoms with Gasteiger partial charge in [-0.05, 0) is 61.4 Å². The Balaban J connectivity index is 0.00000243. The van der Waals surface area contributed by atoms with E-state index in [-0.39, 0.29) is 29.3 Å². The van der Waals surface area contributed by atoms with Gasteiger partial charge in [0.15, 0.2) is 5.78 Å². The Labute approximate surface area is 174 Å². The van der Waals surface area contributed by atoms with Crippen LogP contribution < -0.4 is 4.90 Å². The van der Waals surface area contributed by atoms with E-state index in [1.54, 1.807) is 24.3 Å². The van der Waals surface area contributed by atoms with Gasteiger partial charge >= 0.3 is 0 Å². The molecule has 6 heteroatoms. The van der Waals surface area contributed by atoms with Crippen LogP contribution >= 0.6 is 40.2 Å². The molecule has 1 aliphatic rings. The van der Waals surface area contributed by atoms with Crippen LogP contribution in [0.5, 0.6) is 0 Å². The van der Waals surface area contributed by atoms with Crippen LogP contribution in [0, 0.1) is 0 Å². The maximum Gasteiger partial charge on any atom is 0.182 e. The Morgan fingerprint density at radius 1 is 0.923 bits per heavy atom. The molecule has 2 aromatic carbocycles. The molecule has 26 heavy (non-hydrogen) atoms. The maximum absolute atomic E-state index is 12.8. The van der Waals surface area contributed by atoms with E-state index in [2.05, 4.69) is 0 Å². The molecule has 0 bridgehead atoms. The summed E-state index contributed by atoms with van der Waals surface area (Å²) in [5.41, 5.74) is 1.59. The van der Waals surface area contributed by atoms with Crippen LogP contribution in [0.15, 0.2) is 53.5 Å². The van der Waals surface area contributed by atoms with Crippen molar-refractivity contribution < 1.29 is 4.79 Å². The lowest BCUT2D eigenvalue weighted by Crippen LogP contribution is -2.35. The largest absolute Gasteiger partial charge is 0.322 e. The molecule has 1 aliphatic heterocycles. The quantitative estimate of drug-likeness (QED) is 0.511. The fourth-order valence-electron chi connectivity index (χ4n) is 2.90. The molecule has 1 heterocycles. The lowest BCUT2D eigenvalue weighted by Gasteiger charge is -2.25. The van der Waals surface area contributed by atoms with Crippen molar-refractivity contribution in [2.24, 2.45) is 4.99 Å². The van der Waals surface area contributed by atoms with E-state index in [0.29, 0.717) is 15.6 Å². The minimum atomic E-state index is 0. The Bertz CT molecular complexity index is 760. The number of carbonyl (C=O) groups excluding carboxylic acids is 1. The number of anilines is 1. The number of amidine groups is 1. The summed E-state index contributed by atoms with van der Waals surface area (Å²) in [4.78, 5) is 19.5. The van der Waals surface area contributed by atoms with Gasteiger partial charge in [-0.1, -0.05) is 29.6 Å². The summed E-state index contributed by atoms with van der Waals surface area (Å²) in [6.07, 6.45) is 4.25. The molecule has 0 aromatic heterocycles. The lowest BCUT2D eigenvalue weighted by molar-refractivity contribution is 0.100. The molecule has 0 saturated carbocycles. The summed E-state index contributed by atoms with van der Waals surface area (Å²) in [5.74, 6) is 1.01. The van der Waals surface area contributed by atoms with E-state index in [1.807, 2.05) is 29.2 Å². The highest BCUT2D eigenvalue weighted by atomic mass is 79.9. The molecule has 0 radical (unpaired) electrons. The van der Waals surface area contributed by atoms with Gasteiger partial charge in [0.05, 0.1) is 6.54 Å². The van der Waals surface area contributed by atoms with Crippen molar-refractivity contribution in [2.45, 2.75) is 25.7 Å². The number of ketones is 1. The minimum Gasteiger partial charge on any atom is -0.322 e. The summed E-state index contributed by atoms with van der Waals surface area (Å²) in [6.45, 7) is 1.07. The Morgan fingerprint density at radius 2 is 1.54 bits per heavy atom. The molecule has 3 rings (SSSR count). The lowest BCUT2D eigenvalue weighted by atomic mass is 10.1. The van der Waals surface area contributed by atoms with Crippen molar-refractivity contribution in [2.75, 3.05) is 18.0 Å². The molecule has 0 atom stereocenters. The van der Waals surface area contributed by atoms with Gasteiger partial charge in [0.1, 0.15) is 5.84 Å². The average Bonchev–Trinajstić information content (AvgIpc) is 2.90. The third-order valence-corrected chi connectivity index (χ3v) is 4.77. The standard InChI is InChI=1S/C20H20Cl2N2O.BrH/c21-16-7-5-15(6-8-16)19(25)14-24(18-11-9-17(22)10-12-18)20-4-2-1-3-13-23-20;/h5-12H,1-4,13-14H2;1H. The molecular weight excluding hydrogens is 435 g/mol. The zero-order chi connectivity index (χ0) is 17.6. The van der Waals surface area contributed by atoms with Gasteiger partial charge in [0, 0.05) is 34.3 Å². The first-order valence-electron chi connectivity index (χ1n) is 8.49. The number of Topliss-reactive ketones (excluding diaryl/α,β-unsaturated/α-hetero) is 1. The highest BCUT2D eigenvalue weighted by Crippen LogP contribution is 2.22. The Hall–Kier alpha value is -1.36. The van der Waals surface area contributed by atoms with Crippen LogP contribution in [0.1, 0.15) is 36.0 Å². The summed E-state index contributed by atoms with van der Waals surface area (Å²) >= 11 is 11.9. The predicted molar refractivity (Wildman–Crippen MR) is 116 cm³/mol. The molecule has 0 saturated heterocycles. The first-order valence-corrected chi connectivity index (χ1v) is 9.24. The first-order chi connectivity index (χ1) is 12.1. The number of hydrogen-bond donors (Lipinski definition) is 0. The predicted octanol–water partition coefficient (Wildman–Crippen LogP) is 6.23. The van der Waals surface area contributed by atoms with Gasteiger partial charge in [0.2, 0.25) is 0 Å². The molecule has 2 aromatic rings. The van der Waals surface area contributed by atoms with Crippen LogP contribution in [0.2, 0.25) is 10.0 Å². The number of halogens is 3. The second-order valence-corrected chi connectivity index (χ2v) is 6.97. The van der Waals surface area contributed by atoms with E-state index in [1.165, 1.54) is 6.42 Å². The summed E-state index contributed by atoms with van der Waals surface area (Å²) in [6, 6.07) is 14.6. The molecule has 3 nitrogen and oxygen atoms in total. The van der Waals surface area contributed by atoms with Crippen molar-refractivity contribution in [3.8, 4) is 0 Å². The molecule has 0 spiro atoms. The van der Waals surface area contributed by atoms with Crippen molar-refractivity contribution in [1.29, 1.82) is 0 Å². The molecule has 0 fully saturated rings. The fraction of sp³-hybridized carbons (Fsp3) is 0.300. The normalized spacial score (nSPS) is 14.0. The number of hydrogen-bond acceptors (Lipinski definition) is 3. The van der Waals surface area contributed by atoms with Gasteiger partial charge in [-0.15, -0.1) is 17.0 Å². The van der Waals surface area contributed by atoms with Crippen molar-refractivity contribution in [3.05, 3.63) is 64.1 Å². The van der Waals surface area contributed by atoms with E-state index in [4.69, 9.17) is 28.2 Å². The summed E-state index contributed by atoms with van der Waals surface area (Å²) in [7, 11) is 0. The molecule has 0 amide bonds. The second-order valence-electron chi connectivity index (χ2n) is 6.10. The Kier molecular flexibility index (Phi) is 8.14. The average molecular weight is 456 g/mol. The van der Waals surface area contributed by atoms with E-state index >= 15 is 0 Å². The number of benzene rings is 2. The second kappa shape index (κ2) is 10.1. The number of aliphatic imine (C=N–C) groups is 1. The molecule has 0 aliphatic carbocycles. The van der Waals surface area contributed by atoms with Crippen LogP contribution in [0.4, 0.5) is 5.69 Å². The highest BCUT2D eigenvalue weighted by molar-refractivity contribution is 8.93. The van der Waals surface area contributed by atoms with E-state index in [9.17, 15) is 4.79 Å².